The fourth-order valence-electron chi connectivity index (χ4n) is 1.26. The highest BCUT2D eigenvalue weighted by Crippen LogP contribution is 2.07. The van der Waals surface area contributed by atoms with Crippen molar-refractivity contribution < 1.29 is 4.74 Å². The number of anilines is 1. The Morgan fingerprint density at radius 3 is 3.00 bits per heavy atom. The second-order valence-corrected chi connectivity index (χ2v) is 3.33. The Balaban J connectivity index is 2.37. The van der Waals surface area contributed by atoms with E-state index in [0.717, 1.165) is 24.5 Å². The predicted molar refractivity (Wildman–Crippen MR) is 58.6 cm³/mol. The molecule has 0 spiro atoms. The Hall–Kier alpha value is -1.09. The van der Waals surface area contributed by atoms with Crippen LogP contribution in [0.1, 0.15) is 19.5 Å². The lowest BCUT2D eigenvalue weighted by atomic mass is 10.3. The average molecular weight is 194 g/mol. The number of hydrogen-bond donors (Lipinski definition) is 1. The van der Waals surface area contributed by atoms with Gasteiger partial charge in [-0.2, -0.15) is 0 Å². The minimum atomic E-state index is 0.244. The zero-order valence-corrected chi connectivity index (χ0v) is 9.08. The van der Waals surface area contributed by atoms with Crippen molar-refractivity contribution in [3.63, 3.8) is 0 Å². The fourth-order valence-corrected chi connectivity index (χ4v) is 1.26. The maximum Gasteiger partial charge on any atom is 0.0719 e. The molecular weight excluding hydrogens is 176 g/mol. The second kappa shape index (κ2) is 5.60. The van der Waals surface area contributed by atoms with Crippen LogP contribution >= 0.6 is 0 Å². The molecule has 0 aliphatic heterocycles. The van der Waals surface area contributed by atoms with Crippen molar-refractivity contribution in [3.8, 4) is 0 Å². The van der Waals surface area contributed by atoms with E-state index >= 15 is 0 Å². The van der Waals surface area contributed by atoms with Crippen LogP contribution in [0.4, 0.5) is 5.69 Å². The molecule has 3 heteroatoms. The summed E-state index contributed by atoms with van der Waals surface area (Å²) in [4.78, 5) is 4.13. The van der Waals surface area contributed by atoms with Gasteiger partial charge in [-0.05, 0) is 32.9 Å². The number of nitrogens with zero attached hydrogens (tertiary/aromatic N) is 1. The number of nitrogens with one attached hydrogen (secondary N) is 1. The first-order chi connectivity index (χ1) is 6.72. The molecule has 1 rings (SSSR count). The Kier molecular flexibility index (Phi) is 4.40. The van der Waals surface area contributed by atoms with Gasteiger partial charge in [0.05, 0.1) is 6.10 Å². The number of ether oxygens (including phenoxy) is 1. The van der Waals surface area contributed by atoms with Gasteiger partial charge in [0.1, 0.15) is 0 Å². The summed E-state index contributed by atoms with van der Waals surface area (Å²) in [7, 11) is 0. The molecule has 3 nitrogen and oxygen atoms in total. The molecule has 1 N–H and O–H groups in total. The molecule has 1 heterocycles. The van der Waals surface area contributed by atoms with Crippen molar-refractivity contribution in [1.29, 1.82) is 0 Å². The summed E-state index contributed by atoms with van der Waals surface area (Å²) in [6.07, 6.45) is 2.05. The standard InChI is InChI=1S/C11H18N2O/c1-4-14-10(3)8-13-11-5-6-12-9(2)7-11/h5-7,10H,4,8H2,1-3H3,(H,12,13). The van der Waals surface area contributed by atoms with E-state index in [2.05, 4.69) is 17.2 Å². The number of aromatic nitrogens is 1. The Morgan fingerprint density at radius 2 is 2.36 bits per heavy atom. The van der Waals surface area contributed by atoms with Gasteiger partial charge in [0, 0.05) is 30.7 Å². The van der Waals surface area contributed by atoms with E-state index in [9.17, 15) is 0 Å². The lowest BCUT2D eigenvalue weighted by Crippen LogP contribution is -2.19. The minimum absolute atomic E-state index is 0.244. The summed E-state index contributed by atoms with van der Waals surface area (Å²) in [5.74, 6) is 0. The van der Waals surface area contributed by atoms with Gasteiger partial charge in [0.2, 0.25) is 0 Å². The quantitative estimate of drug-likeness (QED) is 0.780. The Morgan fingerprint density at radius 1 is 1.57 bits per heavy atom. The first-order valence-corrected chi connectivity index (χ1v) is 5.00. The summed E-state index contributed by atoms with van der Waals surface area (Å²) in [6, 6.07) is 3.99. The van der Waals surface area contributed by atoms with Crippen LogP contribution in [-0.4, -0.2) is 24.2 Å². The second-order valence-electron chi connectivity index (χ2n) is 3.33. The Labute approximate surface area is 85.5 Å². The van der Waals surface area contributed by atoms with E-state index in [1.54, 1.807) is 0 Å². The number of aryl methyl sites for hydroxylation is 1. The van der Waals surface area contributed by atoms with Crippen LogP contribution in [0.3, 0.4) is 0 Å². The van der Waals surface area contributed by atoms with E-state index in [-0.39, 0.29) is 6.10 Å². The van der Waals surface area contributed by atoms with Crippen LogP contribution in [0.2, 0.25) is 0 Å². The molecule has 0 aliphatic carbocycles. The third-order valence-corrected chi connectivity index (χ3v) is 1.94. The molecule has 1 unspecified atom stereocenters. The number of hydrogen-bond acceptors (Lipinski definition) is 3. The first-order valence-electron chi connectivity index (χ1n) is 5.00. The van der Waals surface area contributed by atoms with Gasteiger partial charge in [-0.3, -0.25) is 4.98 Å². The van der Waals surface area contributed by atoms with E-state index in [0.29, 0.717) is 0 Å². The number of rotatable bonds is 5. The maximum absolute atomic E-state index is 5.42. The van der Waals surface area contributed by atoms with E-state index in [1.165, 1.54) is 0 Å². The first kappa shape index (κ1) is 11.0. The van der Waals surface area contributed by atoms with E-state index in [1.807, 2.05) is 32.2 Å². The summed E-state index contributed by atoms with van der Waals surface area (Å²) in [5, 5.41) is 3.31. The molecule has 0 fully saturated rings. The third-order valence-electron chi connectivity index (χ3n) is 1.94. The van der Waals surface area contributed by atoms with E-state index < -0.39 is 0 Å². The third kappa shape index (κ3) is 3.75. The van der Waals surface area contributed by atoms with Crippen molar-refractivity contribution in [3.05, 3.63) is 24.0 Å². The zero-order valence-electron chi connectivity index (χ0n) is 9.08. The predicted octanol–water partition coefficient (Wildman–Crippen LogP) is 2.23. The van der Waals surface area contributed by atoms with Gasteiger partial charge in [-0.15, -0.1) is 0 Å². The van der Waals surface area contributed by atoms with Gasteiger partial charge in [0.25, 0.3) is 0 Å². The normalized spacial score (nSPS) is 12.5. The zero-order chi connectivity index (χ0) is 10.4. The molecule has 0 bridgehead atoms. The van der Waals surface area contributed by atoms with Crippen molar-refractivity contribution in [2.45, 2.75) is 26.9 Å². The highest BCUT2D eigenvalue weighted by molar-refractivity contribution is 5.42. The van der Waals surface area contributed by atoms with Gasteiger partial charge in [-0.25, -0.2) is 0 Å². The molecule has 78 valence electrons. The van der Waals surface area contributed by atoms with Crippen LogP contribution in [0.5, 0.6) is 0 Å². The van der Waals surface area contributed by atoms with Gasteiger partial charge < -0.3 is 10.1 Å². The maximum atomic E-state index is 5.42. The van der Waals surface area contributed by atoms with Crippen LogP contribution in [-0.2, 0) is 4.74 Å². The molecule has 0 amide bonds. The van der Waals surface area contributed by atoms with Crippen LogP contribution in [0.15, 0.2) is 18.3 Å². The van der Waals surface area contributed by atoms with E-state index in [4.69, 9.17) is 4.74 Å². The van der Waals surface area contributed by atoms with Gasteiger partial charge >= 0.3 is 0 Å². The van der Waals surface area contributed by atoms with Crippen molar-refractivity contribution in [1.82, 2.24) is 4.98 Å². The largest absolute Gasteiger partial charge is 0.382 e. The highest BCUT2D eigenvalue weighted by Gasteiger charge is 2.00. The molecule has 0 radical (unpaired) electrons. The molecule has 1 aromatic heterocycles. The van der Waals surface area contributed by atoms with Crippen LogP contribution in [0.25, 0.3) is 0 Å². The molecular formula is C11H18N2O. The molecule has 0 aromatic carbocycles. The molecule has 1 aromatic rings. The SMILES string of the molecule is CCOC(C)CNc1ccnc(C)c1. The summed E-state index contributed by atoms with van der Waals surface area (Å²) < 4.78 is 5.42. The molecule has 0 saturated heterocycles. The fraction of sp³-hybridized carbons (Fsp3) is 0.545. The molecule has 14 heavy (non-hydrogen) atoms. The number of pyridine rings is 1. The summed E-state index contributed by atoms with van der Waals surface area (Å²) in [5.41, 5.74) is 2.13. The van der Waals surface area contributed by atoms with Crippen molar-refractivity contribution in [2.24, 2.45) is 0 Å². The lowest BCUT2D eigenvalue weighted by molar-refractivity contribution is 0.0855. The molecule has 0 aliphatic rings. The monoisotopic (exact) mass is 194 g/mol. The highest BCUT2D eigenvalue weighted by atomic mass is 16.5. The Bertz CT molecular complexity index is 276. The van der Waals surface area contributed by atoms with Gasteiger partial charge in [-0.1, -0.05) is 0 Å². The van der Waals surface area contributed by atoms with Crippen molar-refractivity contribution in [2.75, 3.05) is 18.5 Å². The topological polar surface area (TPSA) is 34.1 Å². The average Bonchev–Trinajstić information content (AvgIpc) is 2.15. The van der Waals surface area contributed by atoms with Crippen LogP contribution < -0.4 is 5.32 Å². The van der Waals surface area contributed by atoms with Crippen molar-refractivity contribution >= 4 is 5.69 Å². The molecule has 1 atom stereocenters. The summed E-state index contributed by atoms with van der Waals surface area (Å²) in [6.45, 7) is 7.64. The van der Waals surface area contributed by atoms with Gasteiger partial charge in [0.15, 0.2) is 0 Å². The minimum Gasteiger partial charge on any atom is -0.382 e. The molecule has 0 saturated carbocycles. The summed E-state index contributed by atoms with van der Waals surface area (Å²) >= 11 is 0. The van der Waals surface area contributed by atoms with Crippen LogP contribution in [0, 0.1) is 6.92 Å². The smallest absolute Gasteiger partial charge is 0.0719 e. The lowest BCUT2D eigenvalue weighted by Gasteiger charge is -2.13.